The lowest BCUT2D eigenvalue weighted by Crippen LogP contribution is -2.44. The predicted molar refractivity (Wildman–Crippen MR) is 98.9 cm³/mol. The normalized spacial score (nSPS) is 38.1. The van der Waals surface area contributed by atoms with Gasteiger partial charge in [-0.05, 0) is 74.5 Å². The first-order valence-corrected chi connectivity index (χ1v) is 9.29. The fourth-order valence-corrected chi connectivity index (χ4v) is 5.11. The van der Waals surface area contributed by atoms with Crippen LogP contribution in [-0.2, 0) is 0 Å². The van der Waals surface area contributed by atoms with Gasteiger partial charge in [-0.15, -0.1) is 13.2 Å². The molecule has 1 fully saturated rings. The van der Waals surface area contributed by atoms with Gasteiger partial charge in [-0.1, -0.05) is 50.5 Å². The van der Waals surface area contributed by atoms with E-state index >= 15 is 0 Å². The van der Waals surface area contributed by atoms with E-state index in [1.54, 1.807) is 5.57 Å². The Morgan fingerprint density at radius 1 is 1.41 bits per heavy atom. The molecule has 0 aromatic rings. The van der Waals surface area contributed by atoms with Crippen LogP contribution >= 0.6 is 0 Å². The van der Waals surface area contributed by atoms with Crippen molar-refractivity contribution in [3.63, 3.8) is 0 Å². The minimum absolute atomic E-state index is 0.419. The van der Waals surface area contributed by atoms with E-state index in [9.17, 15) is 0 Å². The molecular formula is C22H36. The first-order valence-electron chi connectivity index (χ1n) is 9.29. The Hall–Kier alpha value is -0.780. The van der Waals surface area contributed by atoms with Gasteiger partial charge in [0, 0.05) is 0 Å². The molecule has 0 aliphatic heterocycles. The average Bonchev–Trinajstić information content (AvgIpc) is 2.44. The third kappa shape index (κ3) is 3.26. The van der Waals surface area contributed by atoms with Gasteiger partial charge in [0.25, 0.3) is 0 Å². The van der Waals surface area contributed by atoms with E-state index in [0.717, 1.165) is 18.3 Å². The molecule has 0 spiro atoms. The zero-order valence-corrected chi connectivity index (χ0v) is 15.4. The smallest absolute Gasteiger partial charge is 0.0113 e. The molecule has 2 rings (SSSR count). The van der Waals surface area contributed by atoms with Crippen LogP contribution < -0.4 is 0 Å². The lowest BCUT2D eigenvalue weighted by molar-refractivity contribution is 0.0624. The molecule has 22 heavy (non-hydrogen) atoms. The summed E-state index contributed by atoms with van der Waals surface area (Å²) in [5.41, 5.74) is 3.98. The summed E-state index contributed by atoms with van der Waals surface area (Å²) in [6, 6.07) is 0. The zero-order chi connectivity index (χ0) is 16.4. The van der Waals surface area contributed by atoms with Gasteiger partial charge in [0.1, 0.15) is 0 Å². The van der Waals surface area contributed by atoms with E-state index in [1.165, 1.54) is 50.5 Å². The summed E-state index contributed by atoms with van der Waals surface area (Å²) in [6.45, 7) is 17.8. The SMILES string of the molecule is C=CCC1(C)C(C)CC=C2C1CCCC2(C)CCCC(=C)C. The highest BCUT2D eigenvalue weighted by Crippen LogP contribution is 2.59. The van der Waals surface area contributed by atoms with E-state index in [-0.39, 0.29) is 0 Å². The standard InChI is InChI=1S/C22H36/c1-7-14-22(6)18(4)12-13-19-20(22)11-9-16-21(19,5)15-8-10-17(2)3/h7,13,18,20H,1-2,8-12,14-16H2,3-6H3. The molecule has 0 amide bonds. The van der Waals surface area contributed by atoms with Crippen LogP contribution in [0.3, 0.4) is 0 Å². The molecule has 0 nitrogen and oxygen atoms in total. The van der Waals surface area contributed by atoms with Crippen molar-refractivity contribution < 1.29 is 0 Å². The van der Waals surface area contributed by atoms with E-state index in [4.69, 9.17) is 0 Å². The highest BCUT2D eigenvalue weighted by Gasteiger charge is 2.48. The Balaban J connectivity index is 2.22. The first kappa shape index (κ1) is 17.6. The second-order valence-corrected chi connectivity index (χ2v) is 8.61. The van der Waals surface area contributed by atoms with Crippen LogP contribution in [0.1, 0.15) is 79.1 Å². The van der Waals surface area contributed by atoms with Crippen molar-refractivity contribution >= 4 is 0 Å². The summed E-state index contributed by atoms with van der Waals surface area (Å²) < 4.78 is 0. The fourth-order valence-electron chi connectivity index (χ4n) is 5.11. The van der Waals surface area contributed by atoms with E-state index in [1.807, 2.05) is 0 Å². The second-order valence-electron chi connectivity index (χ2n) is 8.61. The van der Waals surface area contributed by atoms with Gasteiger partial charge in [-0.2, -0.15) is 0 Å². The number of hydrogen-bond donors (Lipinski definition) is 0. The van der Waals surface area contributed by atoms with Gasteiger partial charge in [0.2, 0.25) is 0 Å². The maximum Gasteiger partial charge on any atom is -0.0113 e. The molecule has 4 atom stereocenters. The van der Waals surface area contributed by atoms with Gasteiger partial charge in [-0.3, -0.25) is 0 Å². The molecule has 0 aromatic heterocycles. The number of rotatable bonds is 6. The maximum atomic E-state index is 4.07. The predicted octanol–water partition coefficient (Wildman–Crippen LogP) is 7.09. The Morgan fingerprint density at radius 3 is 2.77 bits per heavy atom. The fraction of sp³-hybridized carbons (Fsp3) is 0.727. The molecule has 4 unspecified atom stereocenters. The minimum atomic E-state index is 0.419. The Bertz CT molecular complexity index is 455. The van der Waals surface area contributed by atoms with Gasteiger partial charge >= 0.3 is 0 Å². The van der Waals surface area contributed by atoms with Gasteiger partial charge in [-0.25, -0.2) is 0 Å². The van der Waals surface area contributed by atoms with Crippen molar-refractivity contribution in [1.29, 1.82) is 0 Å². The summed E-state index contributed by atoms with van der Waals surface area (Å²) in [5.74, 6) is 1.55. The Labute approximate surface area is 138 Å². The molecule has 0 aromatic carbocycles. The Kier molecular flexibility index (Phi) is 5.41. The van der Waals surface area contributed by atoms with Crippen molar-refractivity contribution in [2.45, 2.75) is 79.1 Å². The van der Waals surface area contributed by atoms with Crippen molar-refractivity contribution in [2.75, 3.05) is 0 Å². The number of fused-ring (bicyclic) bond motifs is 1. The number of hydrogen-bond acceptors (Lipinski definition) is 0. The topological polar surface area (TPSA) is 0 Å². The van der Waals surface area contributed by atoms with E-state index in [2.05, 4.69) is 53.0 Å². The summed E-state index contributed by atoms with van der Waals surface area (Å²) >= 11 is 0. The van der Waals surface area contributed by atoms with Crippen molar-refractivity contribution in [3.05, 3.63) is 36.5 Å². The second kappa shape index (κ2) is 6.77. The molecule has 0 saturated heterocycles. The van der Waals surface area contributed by atoms with Crippen LogP contribution in [0, 0.1) is 22.7 Å². The van der Waals surface area contributed by atoms with E-state index in [0.29, 0.717) is 10.8 Å². The monoisotopic (exact) mass is 300 g/mol. The van der Waals surface area contributed by atoms with Crippen molar-refractivity contribution in [2.24, 2.45) is 22.7 Å². The van der Waals surface area contributed by atoms with Crippen LogP contribution in [0.15, 0.2) is 36.5 Å². The van der Waals surface area contributed by atoms with Crippen molar-refractivity contribution in [1.82, 2.24) is 0 Å². The third-order valence-corrected chi connectivity index (χ3v) is 6.82. The van der Waals surface area contributed by atoms with E-state index < -0.39 is 0 Å². The molecule has 124 valence electrons. The minimum Gasteiger partial charge on any atom is -0.103 e. The molecule has 0 N–H and O–H groups in total. The van der Waals surface area contributed by atoms with Gasteiger partial charge < -0.3 is 0 Å². The zero-order valence-electron chi connectivity index (χ0n) is 15.4. The summed E-state index contributed by atoms with van der Waals surface area (Å²) in [7, 11) is 0. The summed E-state index contributed by atoms with van der Waals surface area (Å²) in [6.07, 6.45) is 15.2. The molecule has 0 bridgehead atoms. The quantitative estimate of drug-likeness (QED) is 0.459. The van der Waals surface area contributed by atoms with Crippen LogP contribution in [0.5, 0.6) is 0 Å². The highest BCUT2D eigenvalue weighted by molar-refractivity contribution is 5.26. The highest BCUT2D eigenvalue weighted by atomic mass is 14.5. The largest absolute Gasteiger partial charge is 0.103 e. The molecule has 0 radical (unpaired) electrons. The van der Waals surface area contributed by atoms with Crippen molar-refractivity contribution in [3.8, 4) is 0 Å². The van der Waals surface area contributed by atoms with Crippen LogP contribution in [-0.4, -0.2) is 0 Å². The molecule has 0 heteroatoms. The van der Waals surface area contributed by atoms with Crippen LogP contribution in [0.2, 0.25) is 0 Å². The summed E-state index contributed by atoms with van der Waals surface area (Å²) in [4.78, 5) is 0. The van der Waals surface area contributed by atoms with Gasteiger partial charge in [0.15, 0.2) is 0 Å². The summed E-state index contributed by atoms with van der Waals surface area (Å²) in [5, 5.41) is 0. The molecule has 2 aliphatic carbocycles. The molecule has 0 heterocycles. The molecule has 2 aliphatic rings. The lowest BCUT2D eigenvalue weighted by atomic mass is 9.51. The Morgan fingerprint density at radius 2 is 2.14 bits per heavy atom. The molecule has 1 saturated carbocycles. The number of allylic oxidation sites excluding steroid dienone is 4. The van der Waals surface area contributed by atoms with Crippen LogP contribution in [0.25, 0.3) is 0 Å². The third-order valence-electron chi connectivity index (χ3n) is 6.82. The lowest BCUT2D eigenvalue weighted by Gasteiger charge is -2.54. The first-order chi connectivity index (χ1) is 10.3. The maximum absolute atomic E-state index is 4.07. The average molecular weight is 301 g/mol. The van der Waals surface area contributed by atoms with Gasteiger partial charge in [0.05, 0.1) is 0 Å². The molecular weight excluding hydrogens is 264 g/mol. The van der Waals surface area contributed by atoms with Crippen LogP contribution in [0.4, 0.5) is 0 Å².